The van der Waals surface area contributed by atoms with Gasteiger partial charge in [-0.3, -0.25) is 4.99 Å². The normalized spacial score (nSPS) is 10.9. The number of hydrogen-bond donors (Lipinski definition) is 2. The van der Waals surface area contributed by atoms with Gasteiger partial charge in [-0.1, -0.05) is 25.5 Å². The molecule has 6 heteroatoms. The van der Waals surface area contributed by atoms with E-state index in [-0.39, 0.29) is 24.0 Å². The van der Waals surface area contributed by atoms with E-state index in [1.165, 1.54) is 18.4 Å². The van der Waals surface area contributed by atoms with Crippen LogP contribution in [0.2, 0.25) is 0 Å². The molecule has 0 aliphatic rings. The third kappa shape index (κ3) is 9.00. The summed E-state index contributed by atoms with van der Waals surface area (Å²) in [5.41, 5.74) is 2.35. The predicted molar refractivity (Wildman–Crippen MR) is 110 cm³/mol. The van der Waals surface area contributed by atoms with Crippen molar-refractivity contribution in [3.05, 3.63) is 29.8 Å². The quantitative estimate of drug-likeness (QED) is 0.271. The summed E-state index contributed by atoms with van der Waals surface area (Å²) < 4.78 is 5.02. The van der Waals surface area contributed by atoms with Gasteiger partial charge in [-0.15, -0.1) is 24.0 Å². The van der Waals surface area contributed by atoms with Gasteiger partial charge in [0.25, 0.3) is 0 Å². The van der Waals surface area contributed by atoms with Gasteiger partial charge in [-0.25, -0.2) is 0 Å². The molecule has 23 heavy (non-hydrogen) atoms. The fourth-order valence-electron chi connectivity index (χ4n) is 2.10. The third-order valence-electron chi connectivity index (χ3n) is 3.46. The molecule has 0 aliphatic carbocycles. The zero-order valence-corrected chi connectivity index (χ0v) is 17.1. The number of nitrogens with zero attached hydrogens (tertiary/aromatic N) is 2. The minimum Gasteiger partial charge on any atom is -0.383 e. The second-order valence-corrected chi connectivity index (χ2v) is 5.29. The van der Waals surface area contributed by atoms with E-state index >= 15 is 0 Å². The number of methoxy groups -OCH3 is 1. The highest BCUT2D eigenvalue weighted by Gasteiger charge is 2.04. The van der Waals surface area contributed by atoms with Crippen LogP contribution in [0.5, 0.6) is 0 Å². The summed E-state index contributed by atoms with van der Waals surface area (Å²) >= 11 is 0. The Morgan fingerprint density at radius 1 is 1.26 bits per heavy atom. The number of anilines is 1. The maximum absolute atomic E-state index is 5.02. The molecule has 1 rings (SSSR count). The molecule has 0 radical (unpaired) electrons. The van der Waals surface area contributed by atoms with Crippen molar-refractivity contribution in [1.82, 2.24) is 10.2 Å². The van der Waals surface area contributed by atoms with Gasteiger partial charge < -0.3 is 20.3 Å². The number of unbranched alkanes of at least 4 members (excludes halogenated alkanes) is 1. The lowest BCUT2D eigenvalue weighted by atomic mass is 10.2. The van der Waals surface area contributed by atoms with E-state index in [4.69, 9.17) is 4.74 Å². The topological polar surface area (TPSA) is 48.9 Å². The molecule has 1 aromatic carbocycles. The van der Waals surface area contributed by atoms with E-state index in [9.17, 15) is 0 Å². The van der Waals surface area contributed by atoms with Crippen molar-refractivity contribution in [3.8, 4) is 0 Å². The zero-order valence-electron chi connectivity index (χ0n) is 14.8. The molecular weight excluding hydrogens is 403 g/mol. The van der Waals surface area contributed by atoms with Crippen LogP contribution in [0.15, 0.2) is 29.3 Å². The molecule has 0 unspecified atom stereocenters. The maximum atomic E-state index is 5.02. The Labute approximate surface area is 157 Å². The number of nitrogens with one attached hydrogen (secondary N) is 2. The zero-order chi connectivity index (χ0) is 16.2. The number of halogens is 1. The smallest absolute Gasteiger partial charge is 0.193 e. The molecule has 0 spiro atoms. The lowest BCUT2D eigenvalue weighted by molar-refractivity contribution is 0.211. The minimum absolute atomic E-state index is 0. The number of hydrogen-bond acceptors (Lipinski definition) is 3. The average molecular weight is 434 g/mol. The van der Waals surface area contributed by atoms with Crippen LogP contribution >= 0.6 is 24.0 Å². The summed E-state index contributed by atoms with van der Waals surface area (Å²) in [6, 6.07) is 8.44. The first kappa shape index (κ1) is 22.0. The highest BCUT2D eigenvalue weighted by atomic mass is 127. The average Bonchev–Trinajstić information content (AvgIpc) is 2.55. The van der Waals surface area contributed by atoms with Crippen molar-refractivity contribution in [2.75, 3.05) is 46.2 Å². The first-order valence-corrected chi connectivity index (χ1v) is 7.94. The third-order valence-corrected chi connectivity index (χ3v) is 3.46. The van der Waals surface area contributed by atoms with Gasteiger partial charge in [-0.2, -0.15) is 0 Å². The summed E-state index contributed by atoms with van der Waals surface area (Å²) in [6.07, 6.45) is 2.37. The molecule has 0 heterocycles. The molecular formula is C17H31IN4O. The van der Waals surface area contributed by atoms with Gasteiger partial charge in [0.1, 0.15) is 0 Å². The van der Waals surface area contributed by atoms with Gasteiger partial charge in [-0.05, 0) is 24.1 Å². The number of ether oxygens (including phenoxy) is 1. The number of rotatable bonds is 9. The SMILES string of the molecule is CCCCN(C)C(=NC)NCc1ccc(NCCOC)cc1.I. The standard InChI is InChI=1S/C17H30N4O.HI/c1-5-6-12-21(3)17(18-2)20-14-15-7-9-16(10-8-15)19-11-13-22-4;/h7-10,19H,5-6,11-14H2,1-4H3,(H,18,20);1H. The van der Waals surface area contributed by atoms with Crippen LogP contribution < -0.4 is 10.6 Å². The van der Waals surface area contributed by atoms with Crippen molar-refractivity contribution in [1.29, 1.82) is 0 Å². The van der Waals surface area contributed by atoms with Crippen molar-refractivity contribution >= 4 is 35.6 Å². The fourth-order valence-corrected chi connectivity index (χ4v) is 2.10. The number of benzene rings is 1. The van der Waals surface area contributed by atoms with E-state index in [0.29, 0.717) is 6.61 Å². The monoisotopic (exact) mass is 434 g/mol. The van der Waals surface area contributed by atoms with Crippen LogP contribution in [0.3, 0.4) is 0 Å². The first-order valence-electron chi connectivity index (χ1n) is 7.94. The predicted octanol–water partition coefficient (Wildman–Crippen LogP) is 3.17. The molecule has 0 aliphatic heterocycles. The first-order chi connectivity index (χ1) is 10.7. The van der Waals surface area contributed by atoms with Gasteiger partial charge in [0.15, 0.2) is 5.96 Å². The Morgan fingerprint density at radius 2 is 1.96 bits per heavy atom. The molecule has 0 saturated heterocycles. The lowest BCUT2D eigenvalue weighted by Crippen LogP contribution is -2.38. The van der Waals surface area contributed by atoms with E-state index in [1.807, 2.05) is 7.05 Å². The summed E-state index contributed by atoms with van der Waals surface area (Å²) in [5, 5.41) is 6.71. The van der Waals surface area contributed by atoms with Gasteiger partial charge in [0.2, 0.25) is 0 Å². The van der Waals surface area contributed by atoms with E-state index in [0.717, 1.165) is 31.3 Å². The Morgan fingerprint density at radius 3 is 2.52 bits per heavy atom. The van der Waals surface area contributed by atoms with Gasteiger partial charge in [0.05, 0.1) is 6.61 Å². The fraction of sp³-hybridized carbons (Fsp3) is 0.588. The summed E-state index contributed by atoms with van der Waals surface area (Å²) in [6.45, 7) is 5.54. The Hall–Kier alpha value is -1.02. The Kier molecular flexibility index (Phi) is 12.8. The molecule has 0 aromatic heterocycles. The van der Waals surface area contributed by atoms with E-state index in [1.54, 1.807) is 7.11 Å². The molecule has 0 atom stereocenters. The van der Waals surface area contributed by atoms with Crippen molar-refractivity contribution < 1.29 is 4.74 Å². The van der Waals surface area contributed by atoms with Gasteiger partial charge >= 0.3 is 0 Å². The summed E-state index contributed by atoms with van der Waals surface area (Å²) in [7, 11) is 5.61. The molecule has 0 amide bonds. The molecule has 5 nitrogen and oxygen atoms in total. The van der Waals surface area contributed by atoms with Gasteiger partial charge in [0, 0.05) is 46.5 Å². The molecule has 1 aromatic rings. The molecule has 0 bridgehead atoms. The largest absolute Gasteiger partial charge is 0.383 e. The van der Waals surface area contributed by atoms with Crippen LogP contribution in [-0.4, -0.2) is 51.8 Å². The van der Waals surface area contributed by atoms with E-state index < -0.39 is 0 Å². The highest BCUT2D eigenvalue weighted by Crippen LogP contribution is 2.09. The Balaban J connectivity index is 0.00000484. The number of guanidine groups is 1. The minimum atomic E-state index is 0. The lowest BCUT2D eigenvalue weighted by Gasteiger charge is -2.21. The maximum Gasteiger partial charge on any atom is 0.193 e. The number of aliphatic imine (C=N–C) groups is 1. The van der Waals surface area contributed by atoms with Crippen LogP contribution in [0.1, 0.15) is 25.3 Å². The second-order valence-electron chi connectivity index (χ2n) is 5.29. The van der Waals surface area contributed by atoms with Crippen LogP contribution in [0, 0.1) is 0 Å². The molecule has 0 fully saturated rings. The van der Waals surface area contributed by atoms with Crippen molar-refractivity contribution in [2.24, 2.45) is 4.99 Å². The summed E-state index contributed by atoms with van der Waals surface area (Å²) in [5.74, 6) is 0.941. The molecule has 2 N–H and O–H groups in total. The molecule has 132 valence electrons. The van der Waals surface area contributed by atoms with Crippen molar-refractivity contribution in [2.45, 2.75) is 26.3 Å². The highest BCUT2D eigenvalue weighted by molar-refractivity contribution is 14.0. The summed E-state index contributed by atoms with van der Waals surface area (Å²) in [4.78, 5) is 6.50. The molecule has 0 saturated carbocycles. The van der Waals surface area contributed by atoms with Crippen LogP contribution in [0.4, 0.5) is 5.69 Å². The van der Waals surface area contributed by atoms with Crippen LogP contribution in [0.25, 0.3) is 0 Å². The van der Waals surface area contributed by atoms with Crippen molar-refractivity contribution in [3.63, 3.8) is 0 Å². The van der Waals surface area contributed by atoms with Crippen LogP contribution in [-0.2, 0) is 11.3 Å². The van der Waals surface area contributed by atoms with E-state index in [2.05, 4.69) is 58.8 Å². The Bertz CT molecular complexity index is 437. The second kappa shape index (κ2) is 13.4.